The monoisotopic (exact) mass is 444 g/mol. The number of aryl methyl sites for hydroxylation is 1. The van der Waals surface area contributed by atoms with Crippen molar-refractivity contribution in [2.75, 3.05) is 0 Å². The zero-order valence-electron chi connectivity index (χ0n) is 20.5. The van der Waals surface area contributed by atoms with Crippen molar-refractivity contribution in [3.05, 3.63) is 84.0 Å². The first-order valence-corrected chi connectivity index (χ1v) is 12.9. The van der Waals surface area contributed by atoms with Crippen molar-refractivity contribution in [1.29, 1.82) is 0 Å². The van der Waals surface area contributed by atoms with Crippen molar-refractivity contribution < 1.29 is 9.53 Å². The van der Waals surface area contributed by atoms with Crippen molar-refractivity contribution >= 4 is 11.5 Å². The predicted molar refractivity (Wildman–Crippen MR) is 139 cm³/mol. The van der Waals surface area contributed by atoms with Gasteiger partial charge in [0.05, 0.1) is 5.41 Å². The van der Waals surface area contributed by atoms with Gasteiger partial charge in [0, 0.05) is 0 Å². The van der Waals surface area contributed by atoms with Crippen molar-refractivity contribution in [2.45, 2.75) is 84.5 Å². The molecule has 0 aromatic heterocycles. The van der Waals surface area contributed by atoms with Crippen molar-refractivity contribution in [3.63, 3.8) is 0 Å². The maximum atomic E-state index is 13.6. The summed E-state index contributed by atoms with van der Waals surface area (Å²) in [6.07, 6.45) is 18.4. The fourth-order valence-electron chi connectivity index (χ4n) is 4.58. The molecule has 2 aromatic carbocycles. The maximum absolute atomic E-state index is 13.6. The molecule has 0 saturated carbocycles. The van der Waals surface area contributed by atoms with Crippen LogP contribution in [0.2, 0.25) is 0 Å². The maximum Gasteiger partial charge on any atom is 0.321 e. The first-order chi connectivity index (χ1) is 16.2. The number of allylic oxidation sites excluding steroid dienone is 3. The van der Waals surface area contributed by atoms with Crippen molar-refractivity contribution in [3.8, 4) is 5.75 Å². The lowest BCUT2D eigenvalue weighted by Gasteiger charge is -2.30. The van der Waals surface area contributed by atoms with Crippen LogP contribution in [-0.2, 0) is 11.2 Å². The molecule has 176 valence electrons. The minimum Gasteiger partial charge on any atom is -0.426 e. The Balaban J connectivity index is 1.75. The SMILES string of the molecule is CCCCCCC[C@@]1(C(=O)Oc2ccccc2CCCCC)C=CC(c2ccccc2)=CC1. The van der Waals surface area contributed by atoms with Gasteiger partial charge in [-0.25, -0.2) is 0 Å². The Morgan fingerprint density at radius 1 is 0.848 bits per heavy atom. The lowest BCUT2D eigenvalue weighted by atomic mass is 9.75. The van der Waals surface area contributed by atoms with Gasteiger partial charge in [0.1, 0.15) is 5.75 Å². The largest absolute Gasteiger partial charge is 0.426 e. The Hall–Kier alpha value is -2.61. The van der Waals surface area contributed by atoms with Crippen LogP contribution >= 0.6 is 0 Å². The third-order valence-electron chi connectivity index (χ3n) is 6.73. The van der Waals surface area contributed by atoms with Gasteiger partial charge in [0.2, 0.25) is 0 Å². The molecule has 0 bridgehead atoms. The van der Waals surface area contributed by atoms with Crippen molar-refractivity contribution in [2.24, 2.45) is 5.41 Å². The number of esters is 1. The minimum atomic E-state index is -0.582. The molecule has 3 rings (SSSR count). The number of carbonyl (C=O) groups excluding carboxylic acids is 1. The fourth-order valence-corrected chi connectivity index (χ4v) is 4.58. The van der Waals surface area contributed by atoms with Crippen LogP contribution in [-0.4, -0.2) is 5.97 Å². The zero-order valence-corrected chi connectivity index (χ0v) is 20.5. The molecule has 2 nitrogen and oxygen atoms in total. The molecule has 1 atom stereocenters. The molecular formula is C31H40O2. The number of hydrogen-bond donors (Lipinski definition) is 0. The summed E-state index contributed by atoms with van der Waals surface area (Å²) in [7, 11) is 0. The van der Waals surface area contributed by atoms with E-state index < -0.39 is 5.41 Å². The van der Waals surface area contributed by atoms with Crippen LogP contribution in [0.15, 0.2) is 72.8 Å². The molecule has 33 heavy (non-hydrogen) atoms. The highest BCUT2D eigenvalue weighted by atomic mass is 16.5. The summed E-state index contributed by atoms with van der Waals surface area (Å²) in [6.45, 7) is 4.44. The number of carbonyl (C=O) groups is 1. The van der Waals surface area contributed by atoms with E-state index in [4.69, 9.17) is 4.74 Å². The first-order valence-electron chi connectivity index (χ1n) is 12.9. The third-order valence-corrected chi connectivity index (χ3v) is 6.73. The Morgan fingerprint density at radius 3 is 2.27 bits per heavy atom. The molecule has 2 heteroatoms. The number of unbranched alkanes of at least 4 members (excludes halogenated alkanes) is 6. The van der Waals surface area contributed by atoms with Crippen LogP contribution in [0.3, 0.4) is 0 Å². The summed E-state index contributed by atoms with van der Waals surface area (Å²) in [5, 5.41) is 0. The number of para-hydroxylation sites is 1. The standard InChI is InChI=1S/C31H40O2/c1-3-5-7-8-15-23-31(24-21-27(22-25-31)26-16-11-9-12-17-26)30(32)33-29-20-14-13-19-28(29)18-10-6-4-2/h9,11-14,16-17,19-22,24H,3-8,10,15,18,23,25H2,1-2H3/t31-/m1/s1. The highest BCUT2D eigenvalue weighted by Gasteiger charge is 2.38. The molecule has 0 unspecified atom stereocenters. The Labute approximate surface area is 200 Å². The van der Waals surface area contributed by atoms with E-state index in [1.54, 1.807) is 0 Å². The number of hydrogen-bond acceptors (Lipinski definition) is 2. The Bertz CT molecular complexity index is 925. The van der Waals surface area contributed by atoms with Crippen LogP contribution in [0.1, 0.15) is 89.2 Å². The summed E-state index contributed by atoms with van der Waals surface area (Å²) in [4.78, 5) is 13.6. The van der Waals surface area contributed by atoms with E-state index in [1.807, 2.05) is 24.3 Å². The zero-order chi connectivity index (χ0) is 23.4. The molecule has 0 amide bonds. The summed E-state index contributed by atoms with van der Waals surface area (Å²) in [6, 6.07) is 18.5. The number of rotatable bonds is 13. The second-order valence-corrected chi connectivity index (χ2v) is 9.34. The summed E-state index contributed by atoms with van der Waals surface area (Å²) < 4.78 is 6.12. The van der Waals surface area contributed by atoms with Gasteiger partial charge in [-0.2, -0.15) is 0 Å². The van der Waals surface area contributed by atoms with Gasteiger partial charge >= 0.3 is 5.97 Å². The molecule has 2 aromatic rings. The Morgan fingerprint density at radius 2 is 1.55 bits per heavy atom. The summed E-state index contributed by atoms with van der Waals surface area (Å²) in [5.41, 5.74) is 2.93. The highest BCUT2D eigenvalue weighted by molar-refractivity contribution is 5.86. The van der Waals surface area contributed by atoms with Crippen LogP contribution in [0, 0.1) is 5.41 Å². The van der Waals surface area contributed by atoms with Crippen LogP contribution in [0.25, 0.3) is 5.57 Å². The van der Waals surface area contributed by atoms with E-state index >= 15 is 0 Å². The van der Waals surface area contributed by atoms with E-state index in [9.17, 15) is 4.79 Å². The van der Waals surface area contributed by atoms with E-state index in [-0.39, 0.29) is 5.97 Å². The fraction of sp³-hybridized carbons (Fsp3) is 0.452. The average Bonchev–Trinajstić information content (AvgIpc) is 2.86. The lowest BCUT2D eigenvalue weighted by molar-refractivity contribution is -0.143. The van der Waals surface area contributed by atoms with Gasteiger partial charge in [0.15, 0.2) is 0 Å². The van der Waals surface area contributed by atoms with Gasteiger partial charge in [0.25, 0.3) is 0 Å². The molecule has 0 radical (unpaired) electrons. The molecule has 1 aliphatic carbocycles. The molecule has 0 fully saturated rings. The van der Waals surface area contributed by atoms with Gasteiger partial charge in [-0.05, 0) is 48.4 Å². The quantitative estimate of drug-likeness (QED) is 0.175. The van der Waals surface area contributed by atoms with E-state index in [2.05, 4.69) is 62.4 Å². The van der Waals surface area contributed by atoms with Gasteiger partial charge in [-0.3, -0.25) is 4.79 Å². The van der Waals surface area contributed by atoms with Crippen molar-refractivity contribution in [1.82, 2.24) is 0 Å². The molecular weight excluding hydrogens is 404 g/mol. The number of ether oxygens (including phenoxy) is 1. The number of benzene rings is 2. The van der Waals surface area contributed by atoms with E-state index in [1.165, 1.54) is 49.7 Å². The van der Waals surface area contributed by atoms with Gasteiger partial charge in [-0.15, -0.1) is 0 Å². The second-order valence-electron chi connectivity index (χ2n) is 9.34. The molecule has 0 heterocycles. The normalized spacial score (nSPS) is 17.6. The minimum absolute atomic E-state index is 0.111. The highest BCUT2D eigenvalue weighted by Crippen LogP contribution is 2.39. The third kappa shape index (κ3) is 7.19. The Kier molecular flexibility index (Phi) is 10.00. The van der Waals surface area contributed by atoms with Gasteiger partial charge in [-0.1, -0.05) is 126 Å². The first kappa shape index (κ1) is 25.0. The second kappa shape index (κ2) is 13.2. The summed E-state index contributed by atoms with van der Waals surface area (Å²) >= 11 is 0. The predicted octanol–water partition coefficient (Wildman–Crippen LogP) is 8.72. The molecule has 0 saturated heterocycles. The van der Waals surface area contributed by atoms with E-state index in [0.29, 0.717) is 6.42 Å². The van der Waals surface area contributed by atoms with Crippen LogP contribution in [0.5, 0.6) is 5.75 Å². The smallest absolute Gasteiger partial charge is 0.321 e. The molecule has 0 spiro atoms. The van der Waals surface area contributed by atoms with E-state index in [0.717, 1.165) is 37.0 Å². The molecule has 1 aliphatic rings. The average molecular weight is 445 g/mol. The lowest BCUT2D eigenvalue weighted by Crippen LogP contribution is -2.34. The molecule has 0 aliphatic heterocycles. The topological polar surface area (TPSA) is 26.3 Å². The van der Waals surface area contributed by atoms with Crippen LogP contribution in [0.4, 0.5) is 0 Å². The summed E-state index contributed by atoms with van der Waals surface area (Å²) in [5.74, 6) is 0.621. The molecule has 0 N–H and O–H groups in total. The van der Waals surface area contributed by atoms with Gasteiger partial charge < -0.3 is 4.74 Å². The van der Waals surface area contributed by atoms with Crippen LogP contribution < -0.4 is 4.74 Å².